The summed E-state index contributed by atoms with van der Waals surface area (Å²) in [7, 11) is -3.70. The molecular weight excluding hydrogens is 404 g/mol. The van der Waals surface area contributed by atoms with Crippen molar-refractivity contribution in [3.8, 4) is 0 Å². The fraction of sp³-hybridized carbons (Fsp3) is 0.278. The van der Waals surface area contributed by atoms with E-state index in [4.69, 9.17) is 0 Å². The van der Waals surface area contributed by atoms with Crippen LogP contribution in [0.1, 0.15) is 17.2 Å². The van der Waals surface area contributed by atoms with Gasteiger partial charge >= 0.3 is 0 Å². The Morgan fingerprint density at radius 3 is 2.52 bits per heavy atom. The van der Waals surface area contributed by atoms with Gasteiger partial charge in [-0.05, 0) is 41.8 Å². The molecule has 1 atom stereocenters. The Kier molecular flexibility index (Phi) is 4.17. The molecule has 0 unspecified atom stereocenters. The van der Waals surface area contributed by atoms with Gasteiger partial charge in [-0.1, -0.05) is 40.2 Å². The van der Waals surface area contributed by atoms with Gasteiger partial charge in [0.25, 0.3) is 0 Å². The molecule has 0 aromatic heterocycles. The van der Waals surface area contributed by atoms with E-state index in [2.05, 4.69) is 22.0 Å². The highest BCUT2D eigenvalue weighted by Crippen LogP contribution is 2.34. The number of hydrogen-bond donors (Lipinski definition) is 0. The summed E-state index contributed by atoms with van der Waals surface area (Å²) in [5, 5.41) is 0. The zero-order chi connectivity index (χ0) is 17.6. The van der Waals surface area contributed by atoms with E-state index in [9.17, 15) is 13.2 Å². The Balaban J connectivity index is 1.70. The zero-order valence-corrected chi connectivity index (χ0v) is 15.8. The van der Waals surface area contributed by atoms with Crippen LogP contribution in [0.4, 0.5) is 0 Å². The molecule has 4 rings (SSSR count). The molecule has 0 N–H and O–H groups in total. The standard InChI is InChI=1S/C18H17BrN2O3S/c19-14-5-7-15(8-6-14)25(23,24)20-11-17-16-4-2-1-3-13(16)9-10-21(17)18(22)12-20/h1-8,17H,9-12H2/t17-/m1/s1. The third-order valence-electron chi connectivity index (χ3n) is 4.87. The summed E-state index contributed by atoms with van der Waals surface area (Å²) in [5.41, 5.74) is 2.25. The maximum Gasteiger partial charge on any atom is 0.243 e. The van der Waals surface area contributed by atoms with Crippen LogP contribution in [-0.2, 0) is 21.2 Å². The molecular formula is C18H17BrN2O3S. The van der Waals surface area contributed by atoms with Gasteiger partial charge < -0.3 is 4.90 Å². The number of carbonyl (C=O) groups excluding carboxylic acids is 1. The molecule has 2 aliphatic rings. The number of rotatable bonds is 2. The molecule has 0 radical (unpaired) electrons. The summed E-state index contributed by atoms with van der Waals surface area (Å²) in [6.07, 6.45) is 0.817. The first-order chi connectivity index (χ1) is 12.0. The summed E-state index contributed by atoms with van der Waals surface area (Å²) in [5.74, 6) is -0.133. The molecule has 130 valence electrons. The predicted octanol–water partition coefficient (Wildman–Crippen LogP) is 2.58. The second kappa shape index (κ2) is 6.23. The highest BCUT2D eigenvalue weighted by molar-refractivity contribution is 9.10. The Morgan fingerprint density at radius 1 is 1.04 bits per heavy atom. The normalized spacial score (nSPS) is 20.9. The average Bonchev–Trinajstić information content (AvgIpc) is 2.62. The van der Waals surface area contributed by atoms with Crippen molar-refractivity contribution in [1.82, 2.24) is 9.21 Å². The van der Waals surface area contributed by atoms with E-state index < -0.39 is 10.0 Å². The molecule has 0 spiro atoms. The quantitative estimate of drug-likeness (QED) is 0.749. The molecule has 1 fully saturated rings. The third kappa shape index (κ3) is 2.90. The van der Waals surface area contributed by atoms with Gasteiger partial charge in [0.2, 0.25) is 15.9 Å². The molecule has 7 heteroatoms. The highest BCUT2D eigenvalue weighted by atomic mass is 79.9. The van der Waals surface area contributed by atoms with Crippen LogP contribution in [0.2, 0.25) is 0 Å². The van der Waals surface area contributed by atoms with Gasteiger partial charge in [-0.2, -0.15) is 4.31 Å². The molecule has 1 amide bonds. The van der Waals surface area contributed by atoms with E-state index in [1.54, 1.807) is 24.3 Å². The van der Waals surface area contributed by atoms with Gasteiger partial charge in [0, 0.05) is 17.6 Å². The second-order valence-electron chi connectivity index (χ2n) is 6.30. The number of amides is 1. The van der Waals surface area contributed by atoms with E-state index >= 15 is 0 Å². The van der Waals surface area contributed by atoms with Crippen LogP contribution in [0.3, 0.4) is 0 Å². The van der Waals surface area contributed by atoms with Gasteiger partial charge in [-0.25, -0.2) is 8.42 Å². The Morgan fingerprint density at radius 2 is 1.76 bits per heavy atom. The van der Waals surface area contributed by atoms with Crippen molar-refractivity contribution in [2.75, 3.05) is 19.6 Å². The van der Waals surface area contributed by atoms with Crippen LogP contribution in [-0.4, -0.2) is 43.2 Å². The molecule has 5 nitrogen and oxygen atoms in total. The van der Waals surface area contributed by atoms with Crippen LogP contribution in [0.5, 0.6) is 0 Å². The van der Waals surface area contributed by atoms with Crippen molar-refractivity contribution in [2.24, 2.45) is 0 Å². The van der Waals surface area contributed by atoms with Crippen molar-refractivity contribution in [1.29, 1.82) is 0 Å². The van der Waals surface area contributed by atoms with Gasteiger partial charge in [0.05, 0.1) is 17.5 Å². The molecule has 2 aromatic carbocycles. The number of piperazine rings is 1. The summed E-state index contributed by atoms with van der Waals surface area (Å²) in [6, 6.07) is 14.3. The average molecular weight is 421 g/mol. The molecule has 25 heavy (non-hydrogen) atoms. The Labute approximate surface area is 155 Å². The minimum Gasteiger partial charge on any atom is -0.333 e. The lowest BCUT2D eigenvalue weighted by molar-refractivity contribution is -0.138. The Hall–Kier alpha value is -1.70. The zero-order valence-electron chi connectivity index (χ0n) is 13.4. The number of sulfonamides is 1. The van der Waals surface area contributed by atoms with Gasteiger partial charge in [-0.3, -0.25) is 4.79 Å². The minimum absolute atomic E-state index is 0.100. The lowest BCUT2D eigenvalue weighted by Crippen LogP contribution is -2.55. The molecule has 1 saturated heterocycles. The maximum absolute atomic E-state index is 13.0. The number of hydrogen-bond acceptors (Lipinski definition) is 3. The van der Waals surface area contributed by atoms with Gasteiger partial charge in [-0.15, -0.1) is 0 Å². The van der Waals surface area contributed by atoms with Crippen molar-refractivity contribution in [3.05, 3.63) is 64.1 Å². The molecule has 0 aliphatic carbocycles. The first-order valence-electron chi connectivity index (χ1n) is 8.10. The molecule has 0 bridgehead atoms. The summed E-state index contributed by atoms with van der Waals surface area (Å²) < 4.78 is 28.1. The fourth-order valence-electron chi connectivity index (χ4n) is 3.58. The van der Waals surface area contributed by atoms with Crippen molar-refractivity contribution < 1.29 is 13.2 Å². The van der Waals surface area contributed by atoms with Crippen LogP contribution in [0.15, 0.2) is 57.9 Å². The predicted molar refractivity (Wildman–Crippen MR) is 97.5 cm³/mol. The number of fused-ring (bicyclic) bond motifs is 3. The lowest BCUT2D eigenvalue weighted by Gasteiger charge is -2.44. The number of benzene rings is 2. The van der Waals surface area contributed by atoms with Crippen LogP contribution in [0, 0.1) is 0 Å². The topological polar surface area (TPSA) is 57.7 Å². The Bertz CT molecular complexity index is 928. The lowest BCUT2D eigenvalue weighted by atomic mass is 9.91. The monoisotopic (exact) mass is 420 g/mol. The maximum atomic E-state index is 13.0. The van der Waals surface area contributed by atoms with E-state index in [1.165, 1.54) is 9.87 Å². The highest BCUT2D eigenvalue weighted by Gasteiger charge is 2.41. The number of halogens is 1. The molecule has 2 aliphatic heterocycles. The first kappa shape index (κ1) is 16.8. The SMILES string of the molecule is O=C1CN(S(=O)(=O)c2ccc(Br)cc2)C[C@@H]2c3ccccc3CCN12. The summed E-state index contributed by atoms with van der Waals surface area (Å²) in [6.45, 7) is 0.838. The smallest absolute Gasteiger partial charge is 0.243 e. The van der Waals surface area contributed by atoms with Crippen molar-refractivity contribution in [2.45, 2.75) is 17.4 Å². The number of nitrogens with zero attached hydrogens (tertiary/aromatic N) is 2. The van der Waals surface area contributed by atoms with Gasteiger partial charge in [0.1, 0.15) is 0 Å². The van der Waals surface area contributed by atoms with Crippen LogP contribution < -0.4 is 0 Å². The molecule has 2 heterocycles. The summed E-state index contributed by atoms with van der Waals surface area (Å²) >= 11 is 3.31. The molecule has 2 aromatic rings. The van der Waals surface area contributed by atoms with Crippen LogP contribution >= 0.6 is 15.9 Å². The fourth-order valence-corrected chi connectivity index (χ4v) is 5.25. The largest absolute Gasteiger partial charge is 0.333 e. The minimum atomic E-state index is -3.70. The van der Waals surface area contributed by atoms with E-state index in [0.717, 1.165) is 16.5 Å². The van der Waals surface area contributed by atoms with Gasteiger partial charge in [0.15, 0.2) is 0 Å². The van der Waals surface area contributed by atoms with E-state index in [-0.39, 0.29) is 23.4 Å². The molecule has 0 saturated carbocycles. The number of carbonyl (C=O) groups is 1. The van der Waals surface area contributed by atoms with Crippen molar-refractivity contribution >= 4 is 31.9 Å². The van der Waals surface area contributed by atoms with Crippen molar-refractivity contribution in [3.63, 3.8) is 0 Å². The van der Waals surface area contributed by atoms with Crippen LogP contribution in [0.25, 0.3) is 0 Å². The third-order valence-corrected chi connectivity index (χ3v) is 7.23. The van der Waals surface area contributed by atoms with E-state index in [1.807, 2.05) is 23.1 Å². The first-order valence-corrected chi connectivity index (χ1v) is 10.3. The second-order valence-corrected chi connectivity index (χ2v) is 9.16. The van der Waals surface area contributed by atoms with E-state index in [0.29, 0.717) is 13.1 Å². The summed E-state index contributed by atoms with van der Waals surface area (Å²) in [4.78, 5) is 14.6.